The first-order valence-electron chi connectivity index (χ1n) is 13.9. The Kier molecular flexibility index (Phi) is 12.5. The zero-order valence-electron chi connectivity index (χ0n) is 24.8. The number of rotatable bonds is 4. The maximum atomic E-state index is 4.53. The summed E-state index contributed by atoms with van der Waals surface area (Å²) in [5.74, 6) is 0. The van der Waals surface area contributed by atoms with Gasteiger partial charge >= 0.3 is 0 Å². The molecule has 0 unspecified atom stereocenters. The summed E-state index contributed by atoms with van der Waals surface area (Å²) in [4.78, 5) is 8.94. The molecule has 6 aromatic rings. The van der Waals surface area contributed by atoms with Crippen LogP contribution in [0, 0.1) is 19.1 Å². The van der Waals surface area contributed by atoms with E-state index in [2.05, 4.69) is 141 Å². The van der Waals surface area contributed by atoms with Crippen molar-refractivity contribution in [1.29, 1.82) is 0 Å². The van der Waals surface area contributed by atoms with E-state index < -0.39 is 0 Å². The van der Waals surface area contributed by atoms with Gasteiger partial charge in [0.05, 0.1) is 0 Å². The van der Waals surface area contributed by atoms with Crippen LogP contribution in [0.4, 0.5) is 0 Å². The SMILES string of the molecule is CC(C)(C)c1ccnc(-c2[c-]ccc(-c3ccccc3)c2)c1.Cc1ccnc(-c2[c-]ccc(-c3ccccc3)c2)c1.[Ir].[Ir]. The second-order valence-electron chi connectivity index (χ2n) is 11.1. The van der Waals surface area contributed by atoms with Crippen LogP contribution in [0.25, 0.3) is 44.8 Å². The van der Waals surface area contributed by atoms with Gasteiger partial charge in [0.2, 0.25) is 0 Å². The van der Waals surface area contributed by atoms with Crippen molar-refractivity contribution >= 4 is 0 Å². The molecule has 0 aliphatic rings. The smallest absolute Gasteiger partial charge is 0.0163 e. The number of aromatic nitrogens is 2. The third-order valence-corrected chi connectivity index (χ3v) is 6.91. The number of hydrogen-bond acceptors (Lipinski definition) is 2. The average molecular weight is 915 g/mol. The maximum Gasteiger partial charge on any atom is 0.0163 e. The maximum absolute atomic E-state index is 4.53. The zero-order chi connectivity index (χ0) is 28.7. The molecular formula is C39H34Ir2N2-2. The van der Waals surface area contributed by atoms with Gasteiger partial charge in [-0.25, -0.2) is 0 Å². The van der Waals surface area contributed by atoms with Gasteiger partial charge in [-0.2, -0.15) is 0 Å². The molecular weight excluding hydrogens is 881 g/mol. The quantitative estimate of drug-likeness (QED) is 0.165. The normalized spacial score (nSPS) is 10.4. The predicted octanol–water partition coefficient (Wildman–Crippen LogP) is 10.0. The molecule has 0 aliphatic heterocycles. The van der Waals surface area contributed by atoms with Gasteiger partial charge in [0, 0.05) is 52.6 Å². The Bertz CT molecular complexity index is 1730. The molecule has 0 aliphatic carbocycles. The van der Waals surface area contributed by atoms with E-state index in [1.54, 1.807) is 0 Å². The third-order valence-electron chi connectivity index (χ3n) is 6.91. The van der Waals surface area contributed by atoms with Gasteiger partial charge in [-0.05, 0) is 52.5 Å². The summed E-state index contributed by atoms with van der Waals surface area (Å²) >= 11 is 0. The van der Waals surface area contributed by atoms with Gasteiger partial charge in [0.1, 0.15) is 0 Å². The first-order chi connectivity index (χ1) is 19.9. The predicted molar refractivity (Wildman–Crippen MR) is 171 cm³/mol. The van der Waals surface area contributed by atoms with Crippen molar-refractivity contribution in [3.63, 3.8) is 0 Å². The number of nitrogens with zero attached hydrogens (tertiary/aromatic N) is 2. The molecule has 0 atom stereocenters. The summed E-state index contributed by atoms with van der Waals surface area (Å²) < 4.78 is 0. The monoisotopic (exact) mass is 916 g/mol. The Labute approximate surface area is 283 Å². The van der Waals surface area contributed by atoms with Crippen molar-refractivity contribution in [2.75, 3.05) is 0 Å². The minimum absolute atomic E-state index is 0. The standard InChI is InChI=1S/C21H20N.C18H14N.2Ir/c1-21(2,3)19-12-13-22-20(15-19)18-11-7-10-17(14-18)16-8-5-4-6-9-16;1-14-10-11-19-18(12-14)17-9-5-8-16(13-17)15-6-3-2-4-7-15;;/h4-10,12-15H,1-3H3;2-8,10-13H,1H3;;/q2*-1;;. The minimum atomic E-state index is 0. The minimum Gasteiger partial charge on any atom is -0.305 e. The van der Waals surface area contributed by atoms with Crippen molar-refractivity contribution in [3.05, 3.63) is 157 Å². The van der Waals surface area contributed by atoms with Gasteiger partial charge in [-0.1, -0.05) is 99.1 Å². The van der Waals surface area contributed by atoms with Crippen LogP contribution in [0.5, 0.6) is 0 Å². The molecule has 2 nitrogen and oxygen atoms in total. The summed E-state index contributed by atoms with van der Waals surface area (Å²) in [6.45, 7) is 8.73. The molecule has 0 saturated carbocycles. The largest absolute Gasteiger partial charge is 0.305 e. The summed E-state index contributed by atoms with van der Waals surface area (Å²) in [6, 6.07) is 48.1. The van der Waals surface area contributed by atoms with Gasteiger partial charge in [-0.3, -0.25) is 0 Å². The van der Waals surface area contributed by atoms with Gasteiger partial charge < -0.3 is 9.97 Å². The molecule has 0 amide bonds. The first kappa shape index (κ1) is 34.0. The number of pyridine rings is 2. The van der Waals surface area contributed by atoms with Crippen LogP contribution in [0.2, 0.25) is 0 Å². The molecule has 2 aromatic heterocycles. The molecule has 2 radical (unpaired) electrons. The van der Waals surface area contributed by atoms with Crippen molar-refractivity contribution in [1.82, 2.24) is 9.97 Å². The number of hydrogen-bond donors (Lipinski definition) is 0. The van der Waals surface area contributed by atoms with Crippen LogP contribution in [0.3, 0.4) is 0 Å². The molecule has 43 heavy (non-hydrogen) atoms. The zero-order valence-corrected chi connectivity index (χ0v) is 29.6. The Morgan fingerprint density at radius 2 is 0.977 bits per heavy atom. The fraction of sp³-hybridized carbons (Fsp3) is 0.128. The Hall–Kier alpha value is -3.52. The Morgan fingerprint density at radius 1 is 0.512 bits per heavy atom. The third kappa shape index (κ3) is 9.23. The first-order valence-corrected chi connectivity index (χ1v) is 13.9. The summed E-state index contributed by atoms with van der Waals surface area (Å²) in [6.07, 6.45) is 3.73. The fourth-order valence-corrected chi connectivity index (χ4v) is 4.58. The van der Waals surface area contributed by atoms with Crippen LogP contribution < -0.4 is 0 Å². The van der Waals surface area contributed by atoms with Gasteiger partial charge in [0.25, 0.3) is 0 Å². The number of benzene rings is 4. The molecule has 4 aromatic carbocycles. The molecule has 0 spiro atoms. The number of aryl methyl sites for hydroxylation is 1. The molecule has 6 rings (SSSR count). The van der Waals surface area contributed by atoms with E-state index in [4.69, 9.17) is 0 Å². The summed E-state index contributed by atoms with van der Waals surface area (Å²) in [5.41, 5.74) is 11.4. The van der Waals surface area contributed by atoms with Crippen LogP contribution in [-0.2, 0) is 45.6 Å². The Balaban J connectivity index is 0.000000227. The molecule has 0 fully saturated rings. The second-order valence-corrected chi connectivity index (χ2v) is 11.1. The van der Waals surface area contributed by atoms with Crippen LogP contribution in [0.15, 0.2) is 134 Å². The topological polar surface area (TPSA) is 25.8 Å². The van der Waals surface area contributed by atoms with Crippen molar-refractivity contribution in [2.45, 2.75) is 33.1 Å². The molecule has 220 valence electrons. The van der Waals surface area contributed by atoms with Gasteiger partial charge in [0.15, 0.2) is 0 Å². The Morgan fingerprint density at radius 3 is 1.44 bits per heavy atom. The van der Waals surface area contributed by atoms with E-state index in [1.165, 1.54) is 33.4 Å². The van der Waals surface area contributed by atoms with Gasteiger partial charge in [-0.15, -0.1) is 70.8 Å². The van der Waals surface area contributed by atoms with Crippen molar-refractivity contribution < 1.29 is 40.2 Å². The fourth-order valence-electron chi connectivity index (χ4n) is 4.58. The van der Waals surface area contributed by atoms with E-state index in [0.717, 1.165) is 22.5 Å². The van der Waals surface area contributed by atoms with Crippen LogP contribution in [-0.4, -0.2) is 9.97 Å². The van der Waals surface area contributed by atoms with E-state index in [9.17, 15) is 0 Å². The van der Waals surface area contributed by atoms with E-state index in [-0.39, 0.29) is 45.6 Å². The summed E-state index contributed by atoms with van der Waals surface area (Å²) in [5, 5.41) is 0. The van der Waals surface area contributed by atoms with Crippen LogP contribution in [0.1, 0.15) is 31.9 Å². The average Bonchev–Trinajstić information content (AvgIpc) is 3.02. The molecule has 4 heteroatoms. The van der Waals surface area contributed by atoms with Crippen molar-refractivity contribution in [2.24, 2.45) is 0 Å². The van der Waals surface area contributed by atoms with E-state index in [1.807, 2.05) is 42.7 Å². The molecule has 2 heterocycles. The molecule has 0 N–H and O–H groups in total. The summed E-state index contributed by atoms with van der Waals surface area (Å²) in [7, 11) is 0. The molecule has 0 saturated heterocycles. The molecule has 0 bridgehead atoms. The van der Waals surface area contributed by atoms with Crippen molar-refractivity contribution in [3.8, 4) is 44.8 Å². The van der Waals surface area contributed by atoms with E-state index in [0.29, 0.717) is 0 Å². The van der Waals surface area contributed by atoms with Crippen LogP contribution >= 0.6 is 0 Å². The van der Waals surface area contributed by atoms with E-state index >= 15 is 0 Å². The second kappa shape index (κ2) is 15.8.